The molecule has 0 aromatic heterocycles. The van der Waals surface area contributed by atoms with Crippen molar-refractivity contribution in [2.45, 2.75) is 25.4 Å². The van der Waals surface area contributed by atoms with E-state index in [9.17, 15) is 9.59 Å². The molecule has 0 saturated heterocycles. The van der Waals surface area contributed by atoms with E-state index >= 15 is 0 Å². The molecule has 0 saturated carbocycles. The molecule has 7 heteroatoms. The Bertz CT molecular complexity index is 869. The molecule has 1 aliphatic rings. The number of methoxy groups -OCH3 is 3. The molecule has 2 aromatic carbocycles. The van der Waals surface area contributed by atoms with Gasteiger partial charge < -0.3 is 24.4 Å². The molecule has 0 unspecified atom stereocenters. The zero-order valence-electron chi connectivity index (χ0n) is 16.9. The number of ether oxygens (including phenoxy) is 3. The Hall–Kier alpha value is -3.22. The highest BCUT2D eigenvalue weighted by Crippen LogP contribution is 2.39. The van der Waals surface area contributed by atoms with Crippen LogP contribution in [0.25, 0.3) is 0 Å². The van der Waals surface area contributed by atoms with Crippen LogP contribution in [0.3, 0.4) is 0 Å². The first-order valence-corrected chi connectivity index (χ1v) is 9.47. The maximum Gasteiger partial charge on any atom is 0.318 e. The van der Waals surface area contributed by atoms with Gasteiger partial charge in [-0.3, -0.25) is 4.79 Å². The Morgan fingerprint density at radius 3 is 2.41 bits per heavy atom. The fourth-order valence-corrected chi connectivity index (χ4v) is 3.61. The van der Waals surface area contributed by atoms with E-state index in [4.69, 9.17) is 14.2 Å². The summed E-state index contributed by atoms with van der Waals surface area (Å²) in [5.74, 6) is 0.816. The molecule has 3 rings (SSSR count). The number of rotatable bonds is 6. The van der Waals surface area contributed by atoms with Crippen LogP contribution in [-0.2, 0) is 22.5 Å². The number of hydrogen-bond donors (Lipinski definition) is 1. The van der Waals surface area contributed by atoms with Gasteiger partial charge in [0.05, 0.1) is 33.8 Å². The van der Waals surface area contributed by atoms with E-state index in [0.29, 0.717) is 31.0 Å². The van der Waals surface area contributed by atoms with Gasteiger partial charge in [-0.05, 0) is 35.2 Å². The van der Waals surface area contributed by atoms with E-state index < -0.39 is 6.04 Å². The molecule has 0 aliphatic carbocycles. The van der Waals surface area contributed by atoms with E-state index in [1.54, 1.807) is 19.1 Å². The molecule has 29 heavy (non-hydrogen) atoms. The monoisotopic (exact) mass is 398 g/mol. The van der Waals surface area contributed by atoms with E-state index in [2.05, 4.69) is 5.32 Å². The maximum absolute atomic E-state index is 12.9. The number of hydrogen-bond acceptors (Lipinski definition) is 5. The van der Waals surface area contributed by atoms with Crippen molar-refractivity contribution in [2.75, 3.05) is 27.9 Å². The van der Waals surface area contributed by atoms with Crippen LogP contribution >= 0.6 is 0 Å². The van der Waals surface area contributed by atoms with Gasteiger partial charge in [-0.25, -0.2) is 4.79 Å². The molecule has 1 atom stereocenters. The van der Waals surface area contributed by atoms with Crippen LogP contribution in [0.5, 0.6) is 11.5 Å². The molecule has 0 fully saturated rings. The van der Waals surface area contributed by atoms with Gasteiger partial charge in [0.1, 0.15) is 0 Å². The molecule has 2 amide bonds. The minimum atomic E-state index is -0.443. The summed E-state index contributed by atoms with van der Waals surface area (Å²) in [6.45, 7) is 0.907. The van der Waals surface area contributed by atoms with Crippen molar-refractivity contribution >= 4 is 12.0 Å². The third-order valence-electron chi connectivity index (χ3n) is 5.14. The second-order valence-corrected chi connectivity index (χ2v) is 6.79. The van der Waals surface area contributed by atoms with Gasteiger partial charge in [0.2, 0.25) is 0 Å². The average molecular weight is 398 g/mol. The third-order valence-corrected chi connectivity index (χ3v) is 5.14. The van der Waals surface area contributed by atoms with Crippen molar-refractivity contribution in [1.82, 2.24) is 10.2 Å². The zero-order chi connectivity index (χ0) is 20.8. The molecular weight excluding hydrogens is 372 g/mol. The van der Waals surface area contributed by atoms with Crippen molar-refractivity contribution in [3.8, 4) is 11.5 Å². The van der Waals surface area contributed by atoms with Gasteiger partial charge in [0, 0.05) is 13.1 Å². The summed E-state index contributed by atoms with van der Waals surface area (Å²) in [6, 6.07) is 12.8. The number of amides is 2. The number of nitrogens with one attached hydrogen (secondary N) is 1. The Labute approximate surface area is 170 Å². The number of fused-ring (bicyclic) bond motifs is 1. The van der Waals surface area contributed by atoms with Crippen LogP contribution in [0.2, 0.25) is 0 Å². The lowest BCUT2D eigenvalue weighted by atomic mass is 9.90. The first kappa shape index (κ1) is 20.5. The third kappa shape index (κ3) is 4.62. The van der Waals surface area contributed by atoms with Crippen molar-refractivity contribution in [3.05, 3.63) is 59.2 Å². The highest BCUT2D eigenvalue weighted by molar-refractivity contribution is 5.77. The quantitative estimate of drug-likeness (QED) is 0.757. The SMILES string of the molecule is COC(=O)C[C@@H]1c2cc(OC)c(OC)cc2CCN1C(=O)NCc1ccccc1. The van der Waals surface area contributed by atoms with Gasteiger partial charge >= 0.3 is 12.0 Å². The predicted octanol–water partition coefficient (Wildman–Crippen LogP) is 3.08. The molecular formula is C22H26N2O5. The minimum Gasteiger partial charge on any atom is -0.493 e. The van der Waals surface area contributed by atoms with Crippen LogP contribution < -0.4 is 14.8 Å². The summed E-state index contributed by atoms with van der Waals surface area (Å²) in [5.41, 5.74) is 2.91. The fourth-order valence-electron chi connectivity index (χ4n) is 3.61. The van der Waals surface area contributed by atoms with Gasteiger partial charge in [-0.2, -0.15) is 0 Å². The van der Waals surface area contributed by atoms with Gasteiger partial charge in [-0.1, -0.05) is 30.3 Å². The van der Waals surface area contributed by atoms with Crippen LogP contribution in [0.1, 0.15) is 29.2 Å². The normalized spacial score (nSPS) is 15.3. The predicted molar refractivity (Wildman–Crippen MR) is 108 cm³/mol. The standard InChI is InChI=1S/C22H26N2O5/c1-27-19-11-16-9-10-24(22(26)23-14-15-7-5-4-6-8-15)18(13-21(25)29-3)17(16)12-20(19)28-2/h4-8,11-12,18H,9-10,13-14H2,1-3H3,(H,23,26)/t18-/m1/s1. The zero-order valence-corrected chi connectivity index (χ0v) is 16.9. The van der Waals surface area contributed by atoms with E-state index in [0.717, 1.165) is 16.7 Å². The number of esters is 1. The molecule has 0 bridgehead atoms. The molecule has 2 aromatic rings. The summed E-state index contributed by atoms with van der Waals surface area (Å²) in [7, 11) is 4.50. The summed E-state index contributed by atoms with van der Waals surface area (Å²) >= 11 is 0. The smallest absolute Gasteiger partial charge is 0.318 e. The summed E-state index contributed by atoms with van der Waals surface area (Å²) in [4.78, 5) is 26.7. The van der Waals surface area contributed by atoms with E-state index in [1.165, 1.54) is 7.11 Å². The van der Waals surface area contributed by atoms with Crippen molar-refractivity contribution < 1.29 is 23.8 Å². The molecule has 1 heterocycles. The van der Waals surface area contributed by atoms with Crippen LogP contribution in [0, 0.1) is 0 Å². The van der Waals surface area contributed by atoms with Crippen molar-refractivity contribution in [3.63, 3.8) is 0 Å². The first-order chi connectivity index (χ1) is 14.1. The number of benzene rings is 2. The molecule has 7 nitrogen and oxygen atoms in total. The first-order valence-electron chi connectivity index (χ1n) is 9.47. The van der Waals surface area contributed by atoms with E-state index in [1.807, 2.05) is 42.5 Å². The minimum absolute atomic E-state index is 0.0672. The topological polar surface area (TPSA) is 77.1 Å². The van der Waals surface area contributed by atoms with Crippen LogP contribution in [0.15, 0.2) is 42.5 Å². The second-order valence-electron chi connectivity index (χ2n) is 6.79. The fraction of sp³-hybridized carbons (Fsp3) is 0.364. The maximum atomic E-state index is 12.9. The van der Waals surface area contributed by atoms with Crippen LogP contribution in [-0.4, -0.2) is 44.8 Å². The highest BCUT2D eigenvalue weighted by Gasteiger charge is 2.34. The molecule has 0 spiro atoms. The Balaban J connectivity index is 1.87. The van der Waals surface area contributed by atoms with Crippen molar-refractivity contribution in [2.24, 2.45) is 0 Å². The lowest BCUT2D eigenvalue weighted by molar-refractivity contribution is -0.141. The average Bonchev–Trinajstić information content (AvgIpc) is 2.77. The van der Waals surface area contributed by atoms with E-state index in [-0.39, 0.29) is 18.4 Å². The Morgan fingerprint density at radius 1 is 1.07 bits per heavy atom. The molecule has 154 valence electrons. The summed E-state index contributed by atoms with van der Waals surface area (Å²) < 4.78 is 15.7. The Kier molecular flexibility index (Phi) is 6.59. The summed E-state index contributed by atoms with van der Waals surface area (Å²) in [6.07, 6.45) is 0.726. The summed E-state index contributed by atoms with van der Waals surface area (Å²) in [5, 5.41) is 2.95. The number of nitrogens with zero attached hydrogens (tertiary/aromatic N) is 1. The number of urea groups is 1. The van der Waals surface area contributed by atoms with Gasteiger partial charge in [-0.15, -0.1) is 0 Å². The highest BCUT2D eigenvalue weighted by atomic mass is 16.5. The van der Waals surface area contributed by atoms with Gasteiger partial charge in [0.25, 0.3) is 0 Å². The number of carbonyl (C=O) groups is 2. The number of carbonyl (C=O) groups excluding carboxylic acids is 2. The lowest BCUT2D eigenvalue weighted by Gasteiger charge is -2.37. The molecule has 1 aliphatic heterocycles. The second kappa shape index (κ2) is 9.32. The van der Waals surface area contributed by atoms with Gasteiger partial charge in [0.15, 0.2) is 11.5 Å². The largest absolute Gasteiger partial charge is 0.493 e. The van der Waals surface area contributed by atoms with Crippen molar-refractivity contribution in [1.29, 1.82) is 0 Å². The van der Waals surface area contributed by atoms with Crippen LogP contribution in [0.4, 0.5) is 4.79 Å². The molecule has 1 N–H and O–H groups in total. The molecule has 0 radical (unpaired) electrons. The lowest BCUT2D eigenvalue weighted by Crippen LogP contribution is -2.46. The Morgan fingerprint density at radius 2 is 1.76 bits per heavy atom.